The maximum atomic E-state index is 3.33. The first kappa shape index (κ1) is 32.5. The van der Waals surface area contributed by atoms with Gasteiger partial charge in [0.15, 0.2) is 0 Å². The van der Waals surface area contributed by atoms with Gasteiger partial charge in [-0.25, -0.2) is 0 Å². The Balaban J connectivity index is -0.000000340. The van der Waals surface area contributed by atoms with E-state index in [4.69, 9.17) is 0 Å². The summed E-state index contributed by atoms with van der Waals surface area (Å²) >= 11 is 0. The highest BCUT2D eigenvalue weighted by atomic mass is 15.1. The van der Waals surface area contributed by atoms with Crippen molar-refractivity contribution in [2.45, 2.75) is 67.2 Å². The van der Waals surface area contributed by atoms with Crippen LogP contribution in [-0.2, 0) is 0 Å². The largest absolute Gasteiger partial charge is 0.320 e. The van der Waals surface area contributed by atoms with Crippen molar-refractivity contribution in [3.8, 4) is 0 Å². The van der Waals surface area contributed by atoms with Crippen molar-refractivity contribution in [3.05, 3.63) is 0 Å². The van der Waals surface area contributed by atoms with Gasteiger partial charge in [0.05, 0.1) is 0 Å². The molecule has 5 nitrogen and oxygen atoms in total. The lowest BCUT2D eigenvalue weighted by Gasteiger charge is -2.17. The Hall–Kier alpha value is -0.200. The second kappa shape index (κ2) is 29.0. The number of nitrogens with one attached hydrogen (secondary N) is 2. The molecule has 0 atom stereocenters. The van der Waals surface area contributed by atoms with Crippen LogP contribution in [-0.4, -0.2) is 101 Å². The summed E-state index contributed by atoms with van der Waals surface area (Å²) in [6.45, 7) is 25.0. The normalized spacial score (nSPS) is 10.7. The maximum Gasteiger partial charge on any atom is -0.000687 e. The highest BCUT2D eigenvalue weighted by molar-refractivity contribution is 4.53. The van der Waals surface area contributed by atoms with E-state index in [0.29, 0.717) is 0 Å². The van der Waals surface area contributed by atoms with Gasteiger partial charge >= 0.3 is 0 Å². The summed E-state index contributed by atoms with van der Waals surface area (Å²) in [5, 5.41) is 6.45. The summed E-state index contributed by atoms with van der Waals surface area (Å²) in [5.74, 6) is 0. The van der Waals surface area contributed by atoms with E-state index in [-0.39, 0.29) is 0 Å². The van der Waals surface area contributed by atoms with Crippen molar-refractivity contribution < 1.29 is 0 Å². The molecular weight excluding hydrogens is 346 g/mol. The lowest BCUT2D eigenvalue weighted by molar-refractivity contribution is 0.298. The van der Waals surface area contributed by atoms with Crippen LogP contribution in [0.2, 0.25) is 0 Å². The van der Waals surface area contributed by atoms with Gasteiger partial charge < -0.3 is 25.3 Å². The molecule has 0 radical (unpaired) electrons. The van der Waals surface area contributed by atoms with E-state index >= 15 is 0 Å². The molecule has 0 fully saturated rings. The van der Waals surface area contributed by atoms with Crippen molar-refractivity contribution in [2.75, 3.05) is 86.6 Å². The fourth-order valence-electron chi connectivity index (χ4n) is 2.41. The molecular formula is C23H57N5. The van der Waals surface area contributed by atoms with Crippen molar-refractivity contribution in [3.63, 3.8) is 0 Å². The van der Waals surface area contributed by atoms with Crippen molar-refractivity contribution in [1.29, 1.82) is 0 Å². The van der Waals surface area contributed by atoms with Crippen LogP contribution in [0.3, 0.4) is 0 Å². The summed E-state index contributed by atoms with van der Waals surface area (Å²) in [6, 6.07) is 0. The first-order chi connectivity index (χ1) is 13.5. The zero-order valence-electron chi connectivity index (χ0n) is 21.2. The SMILES string of the molecule is CCCCN(C)CC.CCN(C)CCCNC.CCNCCCN(CC)CC. The average molecular weight is 404 g/mol. The molecule has 0 aliphatic carbocycles. The molecule has 0 aromatic heterocycles. The third kappa shape index (κ3) is 30.5. The van der Waals surface area contributed by atoms with Gasteiger partial charge in [-0.2, -0.15) is 0 Å². The molecule has 0 saturated carbocycles. The summed E-state index contributed by atoms with van der Waals surface area (Å²) in [7, 11) is 6.30. The first-order valence-corrected chi connectivity index (χ1v) is 11.9. The van der Waals surface area contributed by atoms with Crippen molar-refractivity contribution >= 4 is 0 Å². The molecule has 0 amide bonds. The van der Waals surface area contributed by atoms with Crippen LogP contribution in [0.4, 0.5) is 0 Å². The third-order valence-electron chi connectivity index (χ3n) is 4.91. The molecule has 0 unspecified atom stereocenters. The average Bonchev–Trinajstić information content (AvgIpc) is 2.73. The summed E-state index contributed by atoms with van der Waals surface area (Å²) < 4.78 is 0. The molecule has 0 aromatic carbocycles. The fraction of sp³-hybridized carbons (Fsp3) is 1.00. The lowest BCUT2D eigenvalue weighted by atomic mass is 10.3. The smallest absolute Gasteiger partial charge is 0.000687 e. The highest BCUT2D eigenvalue weighted by Gasteiger charge is 1.96. The van der Waals surface area contributed by atoms with E-state index in [0.717, 1.165) is 26.2 Å². The van der Waals surface area contributed by atoms with Crippen molar-refractivity contribution in [1.82, 2.24) is 25.3 Å². The first-order valence-electron chi connectivity index (χ1n) is 11.9. The summed E-state index contributed by atoms with van der Waals surface area (Å²) in [6.07, 6.45) is 5.17. The number of unbranched alkanes of at least 4 members (excludes halogenated alkanes) is 1. The minimum atomic E-state index is 1.10. The van der Waals surface area contributed by atoms with Crippen LogP contribution < -0.4 is 10.6 Å². The zero-order chi connectivity index (χ0) is 22.0. The predicted molar refractivity (Wildman–Crippen MR) is 131 cm³/mol. The predicted octanol–water partition coefficient (Wildman–Crippen LogP) is 3.61. The van der Waals surface area contributed by atoms with Crippen LogP contribution in [0.5, 0.6) is 0 Å². The molecule has 0 saturated heterocycles. The molecule has 0 aromatic rings. The Kier molecular flexibility index (Phi) is 33.6. The molecule has 0 heterocycles. The Morgan fingerprint density at radius 2 is 1.11 bits per heavy atom. The van der Waals surface area contributed by atoms with Crippen LogP contribution >= 0.6 is 0 Å². The van der Waals surface area contributed by atoms with E-state index in [1.165, 1.54) is 65.0 Å². The van der Waals surface area contributed by atoms with Crippen LogP contribution in [0, 0.1) is 0 Å². The van der Waals surface area contributed by atoms with Crippen molar-refractivity contribution in [2.24, 2.45) is 0 Å². The molecule has 0 rings (SSSR count). The fourth-order valence-corrected chi connectivity index (χ4v) is 2.41. The van der Waals surface area contributed by atoms with Gasteiger partial charge in [0.1, 0.15) is 0 Å². The van der Waals surface area contributed by atoms with E-state index in [1.54, 1.807) is 0 Å². The van der Waals surface area contributed by atoms with E-state index in [1.807, 2.05) is 7.05 Å². The Labute approximate surface area is 179 Å². The number of nitrogens with zero attached hydrogens (tertiary/aromatic N) is 3. The monoisotopic (exact) mass is 403 g/mol. The van der Waals surface area contributed by atoms with Gasteiger partial charge in [-0.3, -0.25) is 0 Å². The van der Waals surface area contributed by atoms with Gasteiger partial charge in [-0.1, -0.05) is 48.0 Å². The molecule has 0 aliphatic rings. The number of rotatable bonds is 16. The highest BCUT2D eigenvalue weighted by Crippen LogP contribution is 1.89. The molecule has 174 valence electrons. The van der Waals surface area contributed by atoms with Gasteiger partial charge in [0.25, 0.3) is 0 Å². The van der Waals surface area contributed by atoms with Crippen LogP contribution in [0.25, 0.3) is 0 Å². The van der Waals surface area contributed by atoms with E-state index in [2.05, 4.69) is 81.0 Å². The van der Waals surface area contributed by atoms with Gasteiger partial charge in [-0.05, 0) is 106 Å². The minimum absolute atomic E-state index is 1.10. The standard InChI is InChI=1S/C9H22N2.C7H18N2.C7H17N/c1-4-10-8-7-9-11(5-2)6-3;1-4-9(3)7-5-6-8-2;1-4-6-7-8(3)5-2/h10H,4-9H2,1-3H3;8H,4-7H2,1-3H3;4-7H2,1-3H3. The summed E-state index contributed by atoms with van der Waals surface area (Å²) in [5.41, 5.74) is 0. The quantitative estimate of drug-likeness (QED) is 0.385. The minimum Gasteiger partial charge on any atom is -0.320 e. The van der Waals surface area contributed by atoms with Gasteiger partial charge in [0.2, 0.25) is 0 Å². The molecule has 0 bridgehead atoms. The number of hydrogen-bond donors (Lipinski definition) is 2. The summed E-state index contributed by atoms with van der Waals surface area (Å²) in [4.78, 5) is 7.11. The molecule has 5 heteroatoms. The third-order valence-corrected chi connectivity index (χ3v) is 4.91. The maximum absolute atomic E-state index is 3.33. The Morgan fingerprint density at radius 1 is 0.607 bits per heavy atom. The van der Waals surface area contributed by atoms with E-state index in [9.17, 15) is 0 Å². The Bertz CT molecular complexity index is 247. The lowest BCUT2D eigenvalue weighted by Crippen LogP contribution is -2.27. The molecule has 0 aliphatic heterocycles. The van der Waals surface area contributed by atoms with E-state index < -0.39 is 0 Å². The second-order valence-electron chi connectivity index (χ2n) is 7.34. The Morgan fingerprint density at radius 3 is 1.50 bits per heavy atom. The molecule has 28 heavy (non-hydrogen) atoms. The zero-order valence-corrected chi connectivity index (χ0v) is 21.2. The van der Waals surface area contributed by atoms with Crippen LogP contribution in [0.15, 0.2) is 0 Å². The molecule has 2 N–H and O–H groups in total. The van der Waals surface area contributed by atoms with Gasteiger partial charge in [0, 0.05) is 0 Å². The van der Waals surface area contributed by atoms with Gasteiger partial charge in [-0.15, -0.1) is 0 Å². The van der Waals surface area contributed by atoms with Crippen LogP contribution in [0.1, 0.15) is 67.2 Å². The second-order valence-corrected chi connectivity index (χ2v) is 7.34. The topological polar surface area (TPSA) is 33.8 Å². The molecule has 0 spiro atoms. The number of hydrogen-bond acceptors (Lipinski definition) is 5.